The van der Waals surface area contributed by atoms with E-state index in [-0.39, 0.29) is 12.3 Å². The lowest BCUT2D eigenvalue weighted by molar-refractivity contribution is -0.131. The molecule has 0 aliphatic heterocycles. The molecule has 0 spiro atoms. The van der Waals surface area contributed by atoms with Crippen molar-refractivity contribution in [2.75, 3.05) is 0 Å². The summed E-state index contributed by atoms with van der Waals surface area (Å²) in [5, 5.41) is 8.73. The summed E-state index contributed by atoms with van der Waals surface area (Å²) in [7, 11) is 0. The molecule has 33 heavy (non-hydrogen) atoms. The molecular formula is C26H31N3O3S. The van der Waals surface area contributed by atoms with Crippen molar-refractivity contribution >= 4 is 39.1 Å². The Balaban J connectivity index is 1.78. The zero-order valence-electron chi connectivity index (χ0n) is 19.0. The minimum absolute atomic E-state index is 0.179. The maximum atomic E-state index is 13.3. The number of carbonyl (C=O) groups excluding carboxylic acids is 3. The summed E-state index contributed by atoms with van der Waals surface area (Å²) in [6.07, 6.45) is 1.70. The molecule has 1 heterocycles. The minimum atomic E-state index is -0.866. The summed E-state index contributed by atoms with van der Waals surface area (Å²) in [5.41, 5.74) is 7.46. The molecule has 3 aromatic rings. The van der Waals surface area contributed by atoms with Crippen LogP contribution in [0.5, 0.6) is 0 Å². The van der Waals surface area contributed by atoms with Crippen LogP contribution in [-0.2, 0) is 27.2 Å². The summed E-state index contributed by atoms with van der Waals surface area (Å²) < 4.78 is 1.12. The molecule has 0 fully saturated rings. The molecular weight excluding hydrogens is 434 g/mol. The summed E-state index contributed by atoms with van der Waals surface area (Å²) >= 11 is 1.60. The Morgan fingerprint density at radius 3 is 2.30 bits per heavy atom. The van der Waals surface area contributed by atoms with E-state index >= 15 is 0 Å². The molecule has 2 atom stereocenters. The van der Waals surface area contributed by atoms with Crippen LogP contribution < -0.4 is 16.4 Å². The first kappa shape index (κ1) is 24.5. The van der Waals surface area contributed by atoms with Crippen molar-refractivity contribution in [1.29, 1.82) is 0 Å². The van der Waals surface area contributed by atoms with Crippen LogP contribution in [0, 0.1) is 5.92 Å². The van der Waals surface area contributed by atoms with E-state index in [0.717, 1.165) is 27.6 Å². The van der Waals surface area contributed by atoms with E-state index < -0.39 is 23.9 Å². The number of amides is 3. The highest BCUT2D eigenvalue weighted by Crippen LogP contribution is 2.26. The first-order chi connectivity index (χ1) is 15.8. The number of thiophene rings is 1. The molecule has 0 saturated carbocycles. The summed E-state index contributed by atoms with van der Waals surface area (Å²) in [4.78, 5) is 37.9. The van der Waals surface area contributed by atoms with E-state index in [2.05, 4.69) is 24.5 Å². The van der Waals surface area contributed by atoms with Crippen molar-refractivity contribution in [1.82, 2.24) is 10.6 Å². The third-order valence-electron chi connectivity index (χ3n) is 5.53. The van der Waals surface area contributed by atoms with E-state index in [1.54, 1.807) is 11.3 Å². The summed E-state index contributed by atoms with van der Waals surface area (Å²) in [6, 6.07) is 15.7. The molecule has 0 saturated heterocycles. The predicted octanol–water partition coefficient (Wildman–Crippen LogP) is 3.58. The normalized spacial score (nSPS) is 12.9. The standard InChI is InChI=1S/C26H31N3O3S/c1-17(2)12-13-24(30)28-22(15-19-16-33-23-11-7-6-10-20(19)23)26(32)29-21(25(27)31)14-18-8-4-3-5-9-18/h3-11,16-17,21-22H,12-15H2,1-2H3,(H2,27,31)(H,28,30)(H,29,32)/t21-,22+/m1/s1. The number of carbonyl (C=O) groups is 3. The van der Waals surface area contributed by atoms with Gasteiger partial charge in [-0.3, -0.25) is 14.4 Å². The minimum Gasteiger partial charge on any atom is -0.368 e. The van der Waals surface area contributed by atoms with Gasteiger partial charge in [0.1, 0.15) is 12.1 Å². The van der Waals surface area contributed by atoms with Crippen LogP contribution in [0.25, 0.3) is 10.1 Å². The first-order valence-corrected chi connectivity index (χ1v) is 12.1. The van der Waals surface area contributed by atoms with E-state index in [0.29, 0.717) is 18.8 Å². The quantitative estimate of drug-likeness (QED) is 0.403. The Morgan fingerprint density at radius 1 is 0.909 bits per heavy atom. The lowest BCUT2D eigenvalue weighted by Crippen LogP contribution is -2.54. The Kier molecular flexibility index (Phi) is 8.60. The van der Waals surface area contributed by atoms with Crippen LogP contribution in [0.1, 0.15) is 37.8 Å². The van der Waals surface area contributed by atoms with Gasteiger partial charge < -0.3 is 16.4 Å². The van der Waals surface area contributed by atoms with Gasteiger partial charge in [-0.1, -0.05) is 62.4 Å². The van der Waals surface area contributed by atoms with Crippen LogP contribution >= 0.6 is 11.3 Å². The van der Waals surface area contributed by atoms with Crippen molar-refractivity contribution in [3.63, 3.8) is 0 Å². The van der Waals surface area contributed by atoms with Crippen LogP contribution in [0.4, 0.5) is 0 Å². The maximum absolute atomic E-state index is 13.3. The largest absolute Gasteiger partial charge is 0.368 e. The van der Waals surface area contributed by atoms with Crippen molar-refractivity contribution in [3.05, 3.63) is 71.1 Å². The van der Waals surface area contributed by atoms with Crippen molar-refractivity contribution in [2.24, 2.45) is 11.7 Å². The van der Waals surface area contributed by atoms with Gasteiger partial charge in [0.2, 0.25) is 17.7 Å². The van der Waals surface area contributed by atoms with Gasteiger partial charge in [-0.25, -0.2) is 0 Å². The molecule has 7 heteroatoms. The van der Waals surface area contributed by atoms with Crippen LogP contribution in [-0.4, -0.2) is 29.8 Å². The van der Waals surface area contributed by atoms with E-state index in [9.17, 15) is 14.4 Å². The van der Waals surface area contributed by atoms with E-state index in [1.807, 2.05) is 60.0 Å². The van der Waals surface area contributed by atoms with Gasteiger partial charge in [0.25, 0.3) is 0 Å². The van der Waals surface area contributed by atoms with Gasteiger partial charge in [0.05, 0.1) is 0 Å². The van der Waals surface area contributed by atoms with Crippen molar-refractivity contribution in [3.8, 4) is 0 Å². The van der Waals surface area contributed by atoms with Gasteiger partial charge in [0.15, 0.2) is 0 Å². The first-order valence-electron chi connectivity index (χ1n) is 11.2. The number of fused-ring (bicyclic) bond motifs is 1. The molecule has 2 aromatic carbocycles. The van der Waals surface area contributed by atoms with Crippen LogP contribution in [0.2, 0.25) is 0 Å². The second-order valence-corrected chi connectivity index (χ2v) is 9.58. The highest BCUT2D eigenvalue weighted by Gasteiger charge is 2.27. The smallest absolute Gasteiger partial charge is 0.243 e. The molecule has 4 N–H and O–H groups in total. The fraction of sp³-hybridized carbons (Fsp3) is 0.346. The Morgan fingerprint density at radius 2 is 1.61 bits per heavy atom. The Bertz CT molecular complexity index is 1090. The van der Waals surface area contributed by atoms with E-state index in [4.69, 9.17) is 5.73 Å². The van der Waals surface area contributed by atoms with Gasteiger partial charge >= 0.3 is 0 Å². The SMILES string of the molecule is CC(C)CCC(=O)N[C@@H](Cc1csc2ccccc12)C(=O)N[C@H](Cc1ccccc1)C(N)=O. The highest BCUT2D eigenvalue weighted by atomic mass is 32.1. The fourth-order valence-corrected chi connectivity index (χ4v) is 4.63. The lowest BCUT2D eigenvalue weighted by Gasteiger charge is -2.22. The number of benzene rings is 2. The molecule has 0 radical (unpaired) electrons. The van der Waals surface area contributed by atoms with Gasteiger partial charge in [-0.15, -0.1) is 11.3 Å². The Labute approximate surface area is 198 Å². The average molecular weight is 466 g/mol. The summed E-state index contributed by atoms with van der Waals surface area (Å²) in [6.45, 7) is 4.10. The Hall–Kier alpha value is -3.19. The zero-order valence-corrected chi connectivity index (χ0v) is 19.9. The number of rotatable bonds is 11. The molecule has 0 unspecified atom stereocenters. The number of nitrogens with two attached hydrogens (primary N) is 1. The van der Waals surface area contributed by atoms with E-state index in [1.165, 1.54) is 0 Å². The number of hydrogen-bond donors (Lipinski definition) is 3. The molecule has 3 rings (SSSR count). The third kappa shape index (κ3) is 7.15. The van der Waals surface area contributed by atoms with Gasteiger partial charge in [-0.2, -0.15) is 0 Å². The average Bonchev–Trinajstić information content (AvgIpc) is 3.20. The summed E-state index contributed by atoms with van der Waals surface area (Å²) in [5.74, 6) is -0.822. The molecule has 1 aromatic heterocycles. The maximum Gasteiger partial charge on any atom is 0.243 e. The molecule has 3 amide bonds. The molecule has 174 valence electrons. The highest BCUT2D eigenvalue weighted by molar-refractivity contribution is 7.17. The fourth-order valence-electron chi connectivity index (χ4n) is 3.65. The molecule has 6 nitrogen and oxygen atoms in total. The number of nitrogens with one attached hydrogen (secondary N) is 2. The van der Waals surface area contributed by atoms with Crippen molar-refractivity contribution < 1.29 is 14.4 Å². The number of primary amides is 1. The van der Waals surface area contributed by atoms with Crippen LogP contribution in [0.3, 0.4) is 0 Å². The molecule has 0 aliphatic rings. The number of hydrogen-bond acceptors (Lipinski definition) is 4. The zero-order chi connectivity index (χ0) is 23.8. The van der Waals surface area contributed by atoms with Gasteiger partial charge in [0, 0.05) is 24.0 Å². The van der Waals surface area contributed by atoms with Gasteiger partial charge in [-0.05, 0) is 40.3 Å². The molecule has 0 aliphatic carbocycles. The lowest BCUT2D eigenvalue weighted by atomic mass is 10.0. The second-order valence-electron chi connectivity index (χ2n) is 8.67. The topological polar surface area (TPSA) is 101 Å². The molecule has 0 bridgehead atoms. The predicted molar refractivity (Wildman–Crippen MR) is 133 cm³/mol. The monoisotopic (exact) mass is 465 g/mol. The second kappa shape index (κ2) is 11.6. The van der Waals surface area contributed by atoms with Crippen LogP contribution in [0.15, 0.2) is 60.0 Å². The third-order valence-corrected chi connectivity index (χ3v) is 6.54. The van der Waals surface area contributed by atoms with Crippen molar-refractivity contribution in [2.45, 2.75) is 51.6 Å².